The van der Waals surface area contributed by atoms with E-state index in [0.717, 1.165) is 42.3 Å². The fraction of sp³-hybridized carbons (Fsp3) is 0.591. The number of hydrogen-bond acceptors (Lipinski definition) is 9. The first-order valence-corrected chi connectivity index (χ1v) is 12.2. The maximum atomic E-state index is 10.0. The zero-order valence-electron chi connectivity index (χ0n) is 18.8. The van der Waals surface area contributed by atoms with Gasteiger partial charge in [-0.3, -0.25) is 0 Å². The van der Waals surface area contributed by atoms with Gasteiger partial charge in [-0.1, -0.05) is 30.3 Å². The van der Waals surface area contributed by atoms with Crippen LogP contribution in [-0.4, -0.2) is 63.5 Å². The highest BCUT2D eigenvalue weighted by atomic mass is 35.5. The van der Waals surface area contributed by atoms with Crippen molar-refractivity contribution in [1.82, 2.24) is 15.0 Å². The number of halogens is 1. The summed E-state index contributed by atoms with van der Waals surface area (Å²) in [5, 5.41) is 20.9. The molecule has 0 aromatic carbocycles. The summed E-state index contributed by atoms with van der Waals surface area (Å²) in [7, 11) is 0. The molecule has 2 aromatic rings. The number of aliphatic hydroxyl groups excluding tert-OH is 2. The predicted octanol–water partition coefficient (Wildman–Crippen LogP) is 2.61. The normalized spacial score (nSPS) is 19.7. The third-order valence-corrected chi connectivity index (χ3v) is 8.36. The van der Waals surface area contributed by atoms with Crippen LogP contribution in [0.1, 0.15) is 38.1 Å². The second-order valence-corrected chi connectivity index (χ2v) is 10.5. The van der Waals surface area contributed by atoms with Crippen LogP contribution in [-0.2, 0) is 6.61 Å². The van der Waals surface area contributed by atoms with E-state index >= 15 is 0 Å². The summed E-state index contributed by atoms with van der Waals surface area (Å²) >= 11 is 8.04. The lowest BCUT2D eigenvalue weighted by Gasteiger charge is -2.42. The van der Waals surface area contributed by atoms with Crippen molar-refractivity contribution in [2.24, 2.45) is 11.1 Å². The average Bonchev–Trinajstić information content (AvgIpc) is 2.75. The number of anilines is 2. The molecule has 0 amide bonds. The van der Waals surface area contributed by atoms with Crippen LogP contribution in [0.2, 0.25) is 5.02 Å². The van der Waals surface area contributed by atoms with Crippen LogP contribution >= 0.6 is 23.4 Å². The molecule has 4 heterocycles. The molecular formula is C22H31ClN6O2S. The Morgan fingerprint density at radius 3 is 2.53 bits per heavy atom. The SMILES string of the molecule is Cc1nc(N2CCC(C)(C(C)N)CC2)c(CO)nc1Sc1ccnc(N2CC(O)C2)c1Cl. The standard InChI is InChI=1S/C22H31ClN6O2S/c1-13-21(32-17-4-7-25-20(18(17)23)29-10-15(31)11-29)27-16(12-30)19(26-13)28-8-5-22(3,6-9-28)14(2)24/h4,7,14-15,30-31H,5-6,8-12,24H2,1-3H3. The largest absolute Gasteiger partial charge is 0.390 e. The second kappa shape index (κ2) is 9.30. The van der Waals surface area contributed by atoms with E-state index in [-0.39, 0.29) is 24.2 Å². The fourth-order valence-corrected chi connectivity index (χ4v) is 5.33. The van der Waals surface area contributed by atoms with E-state index in [1.165, 1.54) is 11.8 Å². The van der Waals surface area contributed by atoms with Crippen LogP contribution in [0.4, 0.5) is 11.6 Å². The minimum atomic E-state index is -0.335. The van der Waals surface area contributed by atoms with E-state index in [0.29, 0.717) is 34.6 Å². The molecule has 2 aliphatic heterocycles. The van der Waals surface area contributed by atoms with Gasteiger partial charge in [-0.25, -0.2) is 15.0 Å². The number of nitrogens with zero attached hydrogens (tertiary/aromatic N) is 5. The molecule has 0 aliphatic carbocycles. The fourth-order valence-electron chi connectivity index (χ4n) is 4.11. The molecule has 0 spiro atoms. The molecular weight excluding hydrogens is 448 g/mol. The maximum Gasteiger partial charge on any atom is 0.153 e. The average molecular weight is 479 g/mol. The van der Waals surface area contributed by atoms with Crippen LogP contribution in [0.5, 0.6) is 0 Å². The summed E-state index contributed by atoms with van der Waals surface area (Å²) in [6.45, 7) is 8.80. The number of β-amino-alcohol motifs (C(OH)–C–C–N with tert-alkyl or cyclic N) is 1. The van der Waals surface area contributed by atoms with Crippen molar-refractivity contribution < 1.29 is 10.2 Å². The number of pyridine rings is 1. The van der Waals surface area contributed by atoms with Gasteiger partial charge in [0, 0.05) is 43.3 Å². The maximum absolute atomic E-state index is 10.0. The zero-order chi connectivity index (χ0) is 23.0. The van der Waals surface area contributed by atoms with Gasteiger partial charge in [0.25, 0.3) is 0 Å². The Balaban J connectivity index is 1.55. The summed E-state index contributed by atoms with van der Waals surface area (Å²) in [4.78, 5) is 18.9. The van der Waals surface area contributed by atoms with Crippen LogP contribution < -0.4 is 15.5 Å². The van der Waals surface area contributed by atoms with Crippen molar-refractivity contribution in [1.29, 1.82) is 0 Å². The van der Waals surface area contributed by atoms with Crippen molar-refractivity contribution in [2.45, 2.75) is 62.3 Å². The predicted molar refractivity (Wildman–Crippen MR) is 127 cm³/mol. The van der Waals surface area contributed by atoms with Crippen molar-refractivity contribution in [3.05, 3.63) is 28.7 Å². The minimum absolute atomic E-state index is 0.121. The molecule has 2 aromatic heterocycles. The number of piperidine rings is 1. The number of aryl methyl sites for hydroxylation is 1. The Morgan fingerprint density at radius 2 is 1.94 bits per heavy atom. The Kier molecular flexibility index (Phi) is 6.84. The number of aliphatic hydroxyl groups is 2. The lowest BCUT2D eigenvalue weighted by Crippen LogP contribution is -2.51. The van der Waals surface area contributed by atoms with Crippen molar-refractivity contribution >= 4 is 35.0 Å². The molecule has 32 heavy (non-hydrogen) atoms. The third-order valence-electron chi connectivity index (χ3n) is 6.74. The third kappa shape index (κ3) is 4.54. The van der Waals surface area contributed by atoms with Gasteiger partial charge in [0.05, 0.1) is 23.4 Å². The number of rotatable bonds is 6. The first-order valence-electron chi connectivity index (χ1n) is 11.0. The Bertz CT molecular complexity index is 977. The molecule has 10 heteroatoms. The first kappa shape index (κ1) is 23.5. The summed E-state index contributed by atoms with van der Waals surface area (Å²) in [5.74, 6) is 1.41. The van der Waals surface area contributed by atoms with E-state index in [1.54, 1.807) is 6.20 Å². The van der Waals surface area contributed by atoms with Gasteiger partial charge in [-0.2, -0.15) is 0 Å². The van der Waals surface area contributed by atoms with Gasteiger partial charge in [0.1, 0.15) is 16.5 Å². The van der Waals surface area contributed by atoms with Gasteiger partial charge in [0.2, 0.25) is 0 Å². The molecule has 4 N–H and O–H groups in total. The van der Waals surface area contributed by atoms with Gasteiger partial charge in [-0.05, 0) is 38.2 Å². The highest BCUT2D eigenvalue weighted by molar-refractivity contribution is 7.99. The topological polar surface area (TPSA) is 112 Å². The van der Waals surface area contributed by atoms with E-state index in [9.17, 15) is 10.2 Å². The quantitative estimate of drug-likeness (QED) is 0.576. The Hall–Kier alpha value is -1.65. The molecule has 0 saturated carbocycles. The molecule has 2 saturated heterocycles. The highest BCUT2D eigenvalue weighted by Gasteiger charge is 2.34. The summed E-state index contributed by atoms with van der Waals surface area (Å²) in [6, 6.07) is 1.99. The van der Waals surface area contributed by atoms with Gasteiger partial charge in [-0.15, -0.1) is 0 Å². The van der Waals surface area contributed by atoms with E-state index in [1.807, 2.05) is 17.9 Å². The lowest BCUT2D eigenvalue weighted by atomic mass is 9.75. The van der Waals surface area contributed by atoms with Crippen molar-refractivity contribution in [3.8, 4) is 0 Å². The van der Waals surface area contributed by atoms with Crippen LogP contribution in [0.3, 0.4) is 0 Å². The molecule has 1 atom stereocenters. The summed E-state index contributed by atoms with van der Waals surface area (Å²) in [5.41, 5.74) is 7.68. The zero-order valence-corrected chi connectivity index (χ0v) is 20.3. The summed E-state index contributed by atoms with van der Waals surface area (Å²) in [6.07, 6.45) is 3.33. The van der Waals surface area contributed by atoms with Gasteiger partial charge in [0.15, 0.2) is 5.82 Å². The molecule has 1 unspecified atom stereocenters. The molecule has 0 bridgehead atoms. The minimum Gasteiger partial charge on any atom is -0.390 e. The van der Waals surface area contributed by atoms with Crippen molar-refractivity contribution in [2.75, 3.05) is 36.0 Å². The van der Waals surface area contributed by atoms with E-state index < -0.39 is 0 Å². The number of aromatic nitrogens is 3. The van der Waals surface area contributed by atoms with E-state index in [2.05, 4.69) is 23.7 Å². The molecule has 0 radical (unpaired) electrons. The van der Waals surface area contributed by atoms with Crippen LogP contribution in [0.25, 0.3) is 0 Å². The monoisotopic (exact) mass is 478 g/mol. The number of hydrogen-bond donors (Lipinski definition) is 3. The molecule has 8 nitrogen and oxygen atoms in total. The van der Waals surface area contributed by atoms with Gasteiger partial charge < -0.3 is 25.7 Å². The lowest BCUT2D eigenvalue weighted by molar-refractivity contribution is 0.141. The van der Waals surface area contributed by atoms with Gasteiger partial charge >= 0.3 is 0 Å². The Labute approximate surface area is 198 Å². The Morgan fingerprint density at radius 1 is 1.25 bits per heavy atom. The van der Waals surface area contributed by atoms with Crippen molar-refractivity contribution in [3.63, 3.8) is 0 Å². The molecule has 4 rings (SSSR count). The van der Waals surface area contributed by atoms with Crippen LogP contribution in [0, 0.1) is 12.3 Å². The summed E-state index contributed by atoms with van der Waals surface area (Å²) < 4.78 is 0. The van der Waals surface area contributed by atoms with E-state index in [4.69, 9.17) is 27.3 Å². The molecule has 2 aliphatic rings. The number of nitrogens with two attached hydrogens (primary N) is 1. The molecule has 174 valence electrons. The molecule has 2 fully saturated rings. The first-order chi connectivity index (χ1) is 15.2. The van der Waals surface area contributed by atoms with Crippen LogP contribution in [0.15, 0.2) is 22.2 Å². The highest BCUT2D eigenvalue weighted by Crippen LogP contribution is 2.40. The smallest absolute Gasteiger partial charge is 0.153 e. The second-order valence-electron chi connectivity index (χ2n) is 9.08.